The third-order valence-corrected chi connectivity index (χ3v) is 6.63. The lowest BCUT2D eigenvalue weighted by Crippen LogP contribution is -2.48. The Balaban J connectivity index is 1.44. The molecule has 6 heterocycles. The first-order valence-corrected chi connectivity index (χ1v) is 10.4. The van der Waals surface area contributed by atoms with E-state index in [9.17, 15) is 0 Å². The monoisotopic (exact) mass is 375 g/mol. The zero-order valence-electron chi connectivity index (χ0n) is 15.9. The number of fused-ring (bicyclic) bond motifs is 4. The summed E-state index contributed by atoms with van der Waals surface area (Å²) in [5.41, 5.74) is 9.69. The molecule has 28 heavy (non-hydrogen) atoms. The Labute approximate surface area is 164 Å². The second-order valence-electron chi connectivity index (χ2n) is 8.31. The second-order valence-corrected chi connectivity index (χ2v) is 8.31. The van der Waals surface area contributed by atoms with Crippen LogP contribution in [0.2, 0.25) is 0 Å². The molecule has 3 aliphatic heterocycles. The van der Waals surface area contributed by atoms with Gasteiger partial charge in [-0.3, -0.25) is 9.38 Å². The summed E-state index contributed by atoms with van der Waals surface area (Å²) in [7, 11) is 0. The normalized spacial score (nSPS) is 26.7. The van der Waals surface area contributed by atoms with Crippen molar-refractivity contribution in [2.24, 2.45) is 5.73 Å². The number of anilines is 3. The van der Waals surface area contributed by atoms with E-state index in [1.165, 1.54) is 18.5 Å². The molecule has 2 N–H and O–H groups in total. The van der Waals surface area contributed by atoms with Crippen LogP contribution in [0.5, 0.6) is 0 Å². The fourth-order valence-corrected chi connectivity index (χ4v) is 5.46. The molecule has 3 aromatic heterocycles. The van der Waals surface area contributed by atoms with Gasteiger partial charge in [0, 0.05) is 43.3 Å². The summed E-state index contributed by atoms with van der Waals surface area (Å²) in [5.74, 6) is 2.01. The van der Waals surface area contributed by atoms with E-state index in [-0.39, 0.29) is 0 Å². The lowest BCUT2D eigenvalue weighted by atomic mass is 9.98. The predicted octanol–water partition coefficient (Wildman–Crippen LogP) is 2.67. The minimum atomic E-state index is 0.325. The van der Waals surface area contributed by atoms with Crippen LogP contribution in [0.3, 0.4) is 0 Å². The van der Waals surface area contributed by atoms with Crippen LogP contribution >= 0.6 is 0 Å². The van der Waals surface area contributed by atoms with Crippen LogP contribution in [0, 0.1) is 0 Å². The van der Waals surface area contributed by atoms with E-state index in [4.69, 9.17) is 15.7 Å². The molecule has 3 aromatic rings. The fourth-order valence-electron chi connectivity index (χ4n) is 5.46. The molecule has 0 spiro atoms. The Bertz CT molecular complexity index is 1010. The van der Waals surface area contributed by atoms with Gasteiger partial charge in [-0.05, 0) is 50.7 Å². The Morgan fingerprint density at radius 3 is 2.75 bits per heavy atom. The van der Waals surface area contributed by atoms with E-state index in [1.54, 1.807) is 0 Å². The molecule has 2 bridgehead atoms. The van der Waals surface area contributed by atoms with Crippen molar-refractivity contribution in [3.8, 4) is 0 Å². The van der Waals surface area contributed by atoms with Crippen LogP contribution in [0.25, 0.3) is 5.52 Å². The molecular weight excluding hydrogens is 350 g/mol. The Morgan fingerprint density at radius 2 is 1.89 bits per heavy atom. The molecule has 6 rings (SSSR count). The number of piperidine rings is 1. The molecular formula is C21H25N7. The predicted molar refractivity (Wildman–Crippen MR) is 109 cm³/mol. The van der Waals surface area contributed by atoms with Crippen molar-refractivity contribution < 1.29 is 0 Å². The Morgan fingerprint density at radius 1 is 1.04 bits per heavy atom. The van der Waals surface area contributed by atoms with E-state index < -0.39 is 0 Å². The van der Waals surface area contributed by atoms with Gasteiger partial charge >= 0.3 is 0 Å². The van der Waals surface area contributed by atoms with Crippen LogP contribution in [-0.2, 0) is 6.42 Å². The van der Waals surface area contributed by atoms with Crippen molar-refractivity contribution in [3.63, 3.8) is 0 Å². The van der Waals surface area contributed by atoms with Crippen molar-refractivity contribution in [2.45, 2.75) is 56.7 Å². The standard InChI is InChI=1S/C21H25N7/c22-14-11-15-5-6-16(12-14)28(15)20-19-13-25-21(27(19)10-8-24-20)26-9-2-3-17-18(26)4-1-7-23-17/h1,4,7-8,10,13-16H,2-3,5-6,9,11-12,22H2/t14-,15+,16?/m0/s1. The van der Waals surface area contributed by atoms with Gasteiger partial charge in [-0.15, -0.1) is 0 Å². The molecule has 0 aliphatic carbocycles. The first-order chi connectivity index (χ1) is 13.8. The maximum absolute atomic E-state index is 6.28. The fraction of sp³-hybridized carbons (Fsp3) is 0.476. The van der Waals surface area contributed by atoms with Crippen LogP contribution in [-0.4, -0.2) is 44.0 Å². The number of pyridine rings is 1. The molecule has 0 saturated carbocycles. The van der Waals surface area contributed by atoms with Gasteiger partial charge in [-0.25, -0.2) is 9.97 Å². The molecule has 3 aliphatic rings. The Kier molecular flexibility index (Phi) is 3.59. The van der Waals surface area contributed by atoms with Crippen molar-refractivity contribution in [3.05, 3.63) is 42.6 Å². The first kappa shape index (κ1) is 16.3. The molecule has 0 amide bonds. The molecule has 2 saturated heterocycles. The van der Waals surface area contributed by atoms with E-state index in [0.29, 0.717) is 18.1 Å². The number of nitrogens with two attached hydrogens (primary N) is 1. The molecule has 0 radical (unpaired) electrons. The molecule has 0 aromatic carbocycles. The lowest BCUT2D eigenvalue weighted by molar-refractivity contribution is 0.412. The zero-order valence-corrected chi connectivity index (χ0v) is 15.9. The van der Waals surface area contributed by atoms with E-state index in [1.807, 2.05) is 30.9 Å². The van der Waals surface area contributed by atoms with Crippen molar-refractivity contribution in [1.82, 2.24) is 19.4 Å². The number of aromatic nitrogens is 4. The Hall–Kier alpha value is -2.67. The number of hydrogen-bond acceptors (Lipinski definition) is 6. The molecule has 7 nitrogen and oxygen atoms in total. The highest BCUT2D eigenvalue weighted by atomic mass is 15.3. The van der Waals surface area contributed by atoms with Crippen molar-refractivity contribution in [1.29, 1.82) is 0 Å². The van der Waals surface area contributed by atoms with Gasteiger partial charge in [-0.1, -0.05) is 0 Å². The summed E-state index contributed by atoms with van der Waals surface area (Å²) in [5, 5.41) is 0. The highest BCUT2D eigenvalue weighted by Gasteiger charge is 2.41. The third-order valence-electron chi connectivity index (χ3n) is 6.63. The minimum absolute atomic E-state index is 0.325. The molecule has 144 valence electrons. The SMILES string of the molecule is N[C@@H]1CC2CC[C@H](C1)N2c1nccn2c(N3CCCc4ncccc43)ncc12. The van der Waals surface area contributed by atoms with Gasteiger partial charge in [0.1, 0.15) is 5.52 Å². The molecule has 2 fully saturated rings. The van der Waals surface area contributed by atoms with E-state index in [0.717, 1.165) is 55.2 Å². The third kappa shape index (κ3) is 2.35. The van der Waals surface area contributed by atoms with Crippen LogP contribution in [0.15, 0.2) is 36.9 Å². The van der Waals surface area contributed by atoms with Crippen LogP contribution in [0.4, 0.5) is 17.5 Å². The van der Waals surface area contributed by atoms with Gasteiger partial charge < -0.3 is 15.5 Å². The minimum Gasteiger partial charge on any atom is -0.349 e. The van der Waals surface area contributed by atoms with Crippen LogP contribution < -0.4 is 15.5 Å². The second kappa shape index (κ2) is 6.17. The summed E-state index contributed by atoms with van der Waals surface area (Å²) in [6.45, 7) is 0.958. The average Bonchev–Trinajstić information content (AvgIpc) is 3.26. The number of nitrogens with zero attached hydrogens (tertiary/aromatic N) is 6. The number of rotatable bonds is 2. The van der Waals surface area contributed by atoms with E-state index in [2.05, 4.69) is 25.3 Å². The smallest absolute Gasteiger partial charge is 0.214 e. The van der Waals surface area contributed by atoms with Gasteiger partial charge in [0.2, 0.25) is 5.95 Å². The highest BCUT2D eigenvalue weighted by molar-refractivity contribution is 5.74. The number of aryl methyl sites for hydroxylation is 1. The molecule has 3 atom stereocenters. The van der Waals surface area contributed by atoms with Crippen molar-refractivity contribution >= 4 is 23.0 Å². The summed E-state index contributed by atoms with van der Waals surface area (Å²) < 4.78 is 2.19. The molecule has 7 heteroatoms. The maximum Gasteiger partial charge on any atom is 0.214 e. The molecule has 1 unspecified atom stereocenters. The quantitative estimate of drug-likeness (QED) is 0.742. The summed E-state index contributed by atoms with van der Waals surface area (Å²) >= 11 is 0. The summed E-state index contributed by atoms with van der Waals surface area (Å²) in [6, 6.07) is 5.49. The zero-order chi connectivity index (χ0) is 18.7. The maximum atomic E-state index is 6.28. The van der Waals surface area contributed by atoms with Gasteiger partial charge in [0.25, 0.3) is 0 Å². The topological polar surface area (TPSA) is 75.6 Å². The first-order valence-electron chi connectivity index (χ1n) is 10.4. The average molecular weight is 375 g/mol. The van der Waals surface area contributed by atoms with E-state index >= 15 is 0 Å². The van der Waals surface area contributed by atoms with Crippen LogP contribution in [0.1, 0.15) is 37.8 Å². The number of imidazole rings is 1. The van der Waals surface area contributed by atoms with Gasteiger partial charge in [0.05, 0.1) is 17.6 Å². The van der Waals surface area contributed by atoms with Gasteiger partial charge in [-0.2, -0.15) is 0 Å². The number of hydrogen-bond donors (Lipinski definition) is 1. The van der Waals surface area contributed by atoms with Crippen molar-refractivity contribution in [2.75, 3.05) is 16.3 Å². The highest BCUT2D eigenvalue weighted by Crippen LogP contribution is 2.40. The summed E-state index contributed by atoms with van der Waals surface area (Å²) in [6.07, 6.45) is 14.5. The van der Waals surface area contributed by atoms with Gasteiger partial charge in [0.15, 0.2) is 5.82 Å². The largest absolute Gasteiger partial charge is 0.349 e. The summed E-state index contributed by atoms with van der Waals surface area (Å²) in [4.78, 5) is 19.0. The lowest BCUT2D eigenvalue weighted by Gasteiger charge is -2.38.